The zero-order valence-electron chi connectivity index (χ0n) is 20.1. The standard InChI is InChI=1S/C30H36N2/c1-6-12-27(25-16-15-23(5)26(19-25)21-31)29(22(3)4)20-24(7-2)28-13-11-14-30(28)32-17-9-8-10-18-32/h6,11-16,19-20,30H,3,7-10,17-18H2,1-2,4-5H3/b12-6-,24-20+,29-27+. The number of aryl methyl sites for hydroxylation is 1. The number of piperidine rings is 1. The minimum atomic E-state index is 0.377. The van der Waals surface area contributed by atoms with Crippen LogP contribution in [0.25, 0.3) is 5.57 Å². The third-order valence-electron chi connectivity index (χ3n) is 6.49. The van der Waals surface area contributed by atoms with Crippen LogP contribution in [-0.4, -0.2) is 24.0 Å². The Kier molecular flexibility index (Phi) is 8.26. The highest BCUT2D eigenvalue weighted by molar-refractivity contribution is 5.82. The minimum Gasteiger partial charge on any atom is -0.293 e. The predicted molar refractivity (Wildman–Crippen MR) is 137 cm³/mol. The van der Waals surface area contributed by atoms with Crippen molar-refractivity contribution in [3.8, 4) is 6.07 Å². The van der Waals surface area contributed by atoms with E-state index >= 15 is 0 Å². The second-order valence-corrected chi connectivity index (χ2v) is 8.82. The molecule has 0 radical (unpaired) electrons. The van der Waals surface area contributed by atoms with Crippen molar-refractivity contribution in [1.29, 1.82) is 5.26 Å². The summed E-state index contributed by atoms with van der Waals surface area (Å²) < 4.78 is 0. The summed E-state index contributed by atoms with van der Waals surface area (Å²) in [4.78, 5) is 2.62. The van der Waals surface area contributed by atoms with Gasteiger partial charge in [-0.3, -0.25) is 4.90 Å². The maximum absolute atomic E-state index is 9.55. The number of benzene rings is 1. The van der Waals surface area contributed by atoms with E-state index in [-0.39, 0.29) is 0 Å². The van der Waals surface area contributed by atoms with Crippen LogP contribution >= 0.6 is 0 Å². The Morgan fingerprint density at radius 2 is 2.00 bits per heavy atom. The molecule has 2 heteroatoms. The van der Waals surface area contributed by atoms with E-state index < -0.39 is 0 Å². The molecule has 0 spiro atoms. The molecule has 0 bridgehead atoms. The molecule has 2 nitrogen and oxygen atoms in total. The molecule has 3 rings (SSSR count). The Bertz CT molecular complexity index is 1050. The third-order valence-corrected chi connectivity index (χ3v) is 6.49. The number of hydrogen-bond acceptors (Lipinski definition) is 2. The van der Waals surface area contributed by atoms with Crippen LogP contribution in [0.2, 0.25) is 0 Å². The number of rotatable bonds is 7. The summed E-state index contributed by atoms with van der Waals surface area (Å²) in [5, 5.41) is 9.55. The third kappa shape index (κ3) is 5.29. The van der Waals surface area contributed by atoms with E-state index in [1.807, 2.05) is 26.0 Å². The lowest BCUT2D eigenvalue weighted by Crippen LogP contribution is -2.38. The molecule has 1 aliphatic heterocycles. The molecule has 166 valence electrons. The maximum Gasteiger partial charge on any atom is 0.0994 e. The first-order valence-electron chi connectivity index (χ1n) is 11.9. The van der Waals surface area contributed by atoms with Crippen molar-refractivity contribution >= 4 is 5.57 Å². The summed E-state index contributed by atoms with van der Waals surface area (Å²) >= 11 is 0. The molecule has 0 saturated carbocycles. The molecule has 1 atom stereocenters. The summed E-state index contributed by atoms with van der Waals surface area (Å²) in [6.45, 7) is 15.0. The summed E-state index contributed by atoms with van der Waals surface area (Å²) in [6.07, 6.45) is 18.3. The molecular weight excluding hydrogens is 388 g/mol. The molecule has 1 unspecified atom stereocenters. The zero-order valence-corrected chi connectivity index (χ0v) is 20.1. The van der Waals surface area contributed by atoms with Crippen molar-refractivity contribution in [3.63, 3.8) is 0 Å². The Morgan fingerprint density at radius 3 is 2.62 bits per heavy atom. The fourth-order valence-electron chi connectivity index (χ4n) is 4.69. The lowest BCUT2D eigenvalue weighted by Gasteiger charge is -2.33. The SMILES string of the molecule is C=C(C)C(/C=C(\CC)C1=CC=CC1N1CCCCC1)=C(\C=C/C)c1ccc(C)c(C#N)c1. The first kappa shape index (κ1) is 23.8. The summed E-state index contributed by atoms with van der Waals surface area (Å²) in [5.41, 5.74) is 8.84. The second kappa shape index (κ2) is 11.1. The Labute approximate surface area is 194 Å². The van der Waals surface area contributed by atoms with Crippen molar-refractivity contribution in [2.75, 3.05) is 13.1 Å². The van der Waals surface area contributed by atoms with Crippen LogP contribution in [0.15, 0.2) is 83.5 Å². The highest BCUT2D eigenvalue weighted by Gasteiger charge is 2.25. The molecule has 0 aromatic heterocycles. The van der Waals surface area contributed by atoms with Crippen LogP contribution in [-0.2, 0) is 0 Å². The lowest BCUT2D eigenvalue weighted by atomic mass is 9.89. The van der Waals surface area contributed by atoms with Gasteiger partial charge in [0.15, 0.2) is 0 Å². The highest BCUT2D eigenvalue weighted by Crippen LogP contribution is 2.33. The Balaban J connectivity index is 2.09. The van der Waals surface area contributed by atoms with Gasteiger partial charge in [-0.15, -0.1) is 0 Å². The maximum atomic E-state index is 9.55. The Hall–Kier alpha value is -2.89. The fourth-order valence-corrected chi connectivity index (χ4v) is 4.69. The van der Waals surface area contributed by atoms with E-state index in [2.05, 4.69) is 73.9 Å². The van der Waals surface area contributed by atoms with E-state index in [1.54, 1.807) is 0 Å². The first-order valence-corrected chi connectivity index (χ1v) is 11.9. The van der Waals surface area contributed by atoms with Crippen LogP contribution in [0, 0.1) is 18.3 Å². The first-order chi connectivity index (χ1) is 15.5. The van der Waals surface area contributed by atoms with E-state index in [9.17, 15) is 5.26 Å². The van der Waals surface area contributed by atoms with Gasteiger partial charge in [-0.2, -0.15) is 5.26 Å². The number of nitriles is 1. The summed E-state index contributed by atoms with van der Waals surface area (Å²) in [6, 6.07) is 8.86. The molecule has 1 fully saturated rings. The van der Waals surface area contributed by atoms with E-state index in [0.717, 1.165) is 39.8 Å². The molecule has 1 saturated heterocycles. The predicted octanol–water partition coefficient (Wildman–Crippen LogP) is 7.46. The van der Waals surface area contributed by atoms with Crippen LogP contribution < -0.4 is 0 Å². The number of nitrogens with zero attached hydrogens (tertiary/aromatic N) is 2. The van der Waals surface area contributed by atoms with Crippen molar-refractivity contribution < 1.29 is 0 Å². The minimum absolute atomic E-state index is 0.377. The number of likely N-dealkylation sites (tertiary alicyclic amines) is 1. The van der Waals surface area contributed by atoms with Gasteiger partial charge in [0.2, 0.25) is 0 Å². The summed E-state index contributed by atoms with van der Waals surface area (Å²) in [5.74, 6) is 0. The van der Waals surface area contributed by atoms with Gasteiger partial charge in [-0.05, 0) is 92.6 Å². The molecule has 1 heterocycles. The van der Waals surface area contributed by atoms with E-state index in [0.29, 0.717) is 6.04 Å². The number of allylic oxidation sites excluding steroid dienone is 8. The van der Waals surface area contributed by atoms with Crippen LogP contribution in [0.5, 0.6) is 0 Å². The van der Waals surface area contributed by atoms with Gasteiger partial charge >= 0.3 is 0 Å². The Morgan fingerprint density at radius 1 is 1.25 bits per heavy atom. The average Bonchev–Trinajstić information content (AvgIpc) is 3.29. The van der Waals surface area contributed by atoms with Crippen LogP contribution in [0.1, 0.15) is 63.1 Å². The summed E-state index contributed by atoms with van der Waals surface area (Å²) in [7, 11) is 0. The van der Waals surface area contributed by atoms with Gasteiger partial charge in [-0.25, -0.2) is 0 Å². The molecule has 1 aromatic carbocycles. The molecule has 0 amide bonds. The quantitative estimate of drug-likeness (QED) is 0.425. The average molecular weight is 425 g/mol. The van der Waals surface area contributed by atoms with Crippen LogP contribution in [0.4, 0.5) is 0 Å². The van der Waals surface area contributed by atoms with Gasteiger partial charge in [0.25, 0.3) is 0 Å². The lowest BCUT2D eigenvalue weighted by molar-refractivity contribution is 0.212. The molecule has 1 aliphatic carbocycles. The van der Waals surface area contributed by atoms with Gasteiger partial charge in [0.05, 0.1) is 17.7 Å². The van der Waals surface area contributed by atoms with Gasteiger partial charge in [0.1, 0.15) is 0 Å². The molecule has 1 aromatic rings. The van der Waals surface area contributed by atoms with Crippen molar-refractivity contribution in [1.82, 2.24) is 4.90 Å². The smallest absolute Gasteiger partial charge is 0.0994 e. The van der Waals surface area contributed by atoms with Gasteiger partial charge < -0.3 is 0 Å². The largest absolute Gasteiger partial charge is 0.293 e. The van der Waals surface area contributed by atoms with Crippen molar-refractivity contribution in [2.24, 2.45) is 0 Å². The van der Waals surface area contributed by atoms with Gasteiger partial charge in [0, 0.05) is 0 Å². The monoisotopic (exact) mass is 424 g/mol. The molecule has 0 N–H and O–H groups in total. The van der Waals surface area contributed by atoms with Gasteiger partial charge in [-0.1, -0.05) is 74.1 Å². The van der Waals surface area contributed by atoms with Crippen LogP contribution in [0.3, 0.4) is 0 Å². The molecular formula is C30H36N2. The van der Waals surface area contributed by atoms with E-state index in [1.165, 1.54) is 43.5 Å². The van der Waals surface area contributed by atoms with E-state index in [4.69, 9.17) is 0 Å². The molecule has 32 heavy (non-hydrogen) atoms. The fraction of sp³-hybridized carbons (Fsp3) is 0.367. The highest BCUT2D eigenvalue weighted by atomic mass is 15.2. The normalized spacial score (nSPS) is 20.3. The zero-order chi connectivity index (χ0) is 23.1. The molecule has 2 aliphatic rings. The number of hydrogen-bond donors (Lipinski definition) is 0. The van der Waals surface area contributed by atoms with Crippen molar-refractivity contribution in [3.05, 3.63) is 100 Å². The van der Waals surface area contributed by atoms with Crippen molar-refractivity contribution in [2.45, 2.75) is 59.4 Å². The topological polar surface area (TPSA) is 27.0 Å². The second-order valence-electron chi connectivity index (χ2n) is 8.82.